The molecule has 2 heterocycles. The van der Waals surface area contributed by atoms with Crippen molar-refractivity contribution in [1.82, 2.24) is 14.7 Å². The molecule has 0 amide bonds. The molecule has 9 heteroatoms. The molecule has 1 aromatic heterocycles. The van der Waals surface area contributed by atoms with Crippen LogP contribution in [0.2, 0.25) is 0 Å². The van der Waals surface area contributed by atoms with Gasteiger partial charge in [0.05, 0.1) is 25.5 Å². The highest BCUT2D eigenvalue weighted by molar-refractivity contribution is 7.89. The topological polar surface area (TPSA) is 93.7 Å². The van der Waals surface area contributed by atoms with E-state index < -0.39 is 10.0 Å². The fourth-order valence-corrected chi connectivity index (χ4v) is 4.37. The van der Waals surface area contributed by atoms with E-state index >= 15 is 0 Å². The lowest BCUT2D eigenvalue weighted by atomic mass is 10.3. The zero-order valence-corrected chi connectivity index (χ0v) is 18.0. The molecule has 0 radical (unpaired) electrons. The molecular weight excluding hydrogens is 392 g/mol. The molecule has 0 aliphatic carbocycles. The van der Waals surface area contributed by atoms with Gasteiger partial charge < -0.3 is 14.4 Å². The molecule has 1 aliphatic heterocycles. The van der Waals surface area contributed by atoms with E-state index in [0.717, 1.165) is 31.6 Å². The van der Waals surface area contributed by atoms with Gasteiger partial charge in [-0.15, -0.1) is 0 Å². The molecule has 8 nitrogen and oxygen atoms in total. The second-order valence-electron chi connectivity index (χ2n) is 6.79. The Hall–Kier alpha value is -2.39. The average molecular weight is 421 g/mol. The highest BCUT2D eigenvalue weighted by Gasteiger charge is 2.21. The number of nitrogens with one attached hydrogen (secondary N) is 1. The van der Waals surface area contributed by atoms with Gasteiger partial charge in [-0.25, -0.2) is 23.1 Å². The Morgan fingerprint density at radius 2 is 1.79 bits per heavy atom. The number of aryl methyl sites for hydroxylation is 1. The van der Waals surface area contributed by atoms with Gasteiger partial charge in [-0.05, 0) is 51.8 Å². The van der Waals surface area contributed by atoms with E-state index in [9.17, 15) is 8.42 Å². The van der Waals surface area contributed by atoms with Gasteiger partial charge in [-0.3, -0.25) is 0 Å². The molecule has 1 N–H and O–H groups in total. The lowest BCUT2D eigenvalue weighted by molar-refractivity contribution is 0.317. The Morgan fingerprint density at radius 3 is 2.48 bits per heavy atom. The first-order chi connectivity index (χ1) is 13.9. The van der Waals surface area contributed by atoms with Gasteiger partial charge in [-0.1, -0.05) is 0 Å². The average Bonchev–Trinajstić information content (AvgIpc) is 3.22. The minimum absolute atomic E-state index is 0.0747. The molecular formula is C20H28N4O4S. The van der Waals surface area contributed by atoms with Crippen LogP contribution in [0, 0.1) is 6.92 Å². The molecule has 0 spiro atoms. The Morgan fingerprint density at radius 1 is 1.07 bits per heavy atom. The predicted molar refractivity (Wildman–Crippen MR) is 111 cm³/mol. The lowest BCUT2D eigenvalue weighted by Crippen LogP contribution is -2.26. The third-order valence-electron chi connectivity index (χ3n) is 4.54. The van der Waals surface area contributed by atoms with Crippen LogP contribution in [0.25, 0.3) is 0 Å². The number of hydrogen-bond donors (Lipinski definition) is 1. The molecule has 3 rings (SSSR count). The maximum atomic E-state index is 12.9. The molecule has 0 saturated carbocycles. The summed E-state index contributed by atoms with van der Waals surface area (Å²) in [7, 11) is -3.79. The maximum absolute atomic E-state index is 12.9. The van der Waals surface area contributed by atoms with Gasteiger partial charge in [0.1, 0.15) is 16.4 Å². The Labute approximate surface area is 172 Å². The summed E-state index contributed by atoms with van der Waals surface area (Å²) in [6.45, 7) is 8.33. The molecule has 0 unspecified atom stereocenters. The normalized spacial score (nSPS) is 14.2. The molecule has 2 aromatic rings. The maximum Gasteiger partial charge on any atom is 0.244 e. The number of rotatable bonds is 9. The summed E-state index contributed by atoms with van der Waals surface area (Å²) in [6.07, 6.45) is 2.24. The zero-order valence-electron chi connectivity index (χ0n) is 17.1. The molecule has 158 valence electrons. The van der Waals surface area contributed by atoms with Gasteiger partial charge in [0, 0.05) is 24.8 Å². The van der Waals surface area contributed by atoms with E-state index in [1.165, 1.54) is 6.07 Å². The molecule has 0 bridgehead atoms. The molecule has 29 heavy (non-hydrogen) atoms. The monoisotopic (exact) mass is 420 g/mol. The van der Waals surface area contributed by atoms with Crippen molar-refractivity contribution in [3.63, 3.8) is 0 Å². The van der Waals surface area contributed by atoms with E-state index in [1.807, 2.05) is 13.8 Å². The minimum atomic E-state index is -3.79. The van der Waals surface area contributed by atoms with Crippen molar-refractivity contribution < 1.29 is 17.9 Å². The first-order valence-corrected chi connectivity index (χ1v) is 11.4. The van der Waals surface area contributed by atoms with Crippen molar-refractivity contribution in [3.05, 3.63) is 35.7 Å². The number of hydrogen-bond acceptors (Lipinski definition) is 7. The fraction of sp³-hybridized carbons (Fsp3) is 0.500. The van der Waals surface area contributed by atoms with E-state index in [-0.39, 0.29) is 17.2 Å². The Kier molecular flexibility index (Phi) is 6.92. The fourth-order valence-electron chi connectivity index (χ4n) is 3.25. The zero-order chi connectivity index (χ0) is 20.9. The van der Waals surface area contributed by atoms with Crippen molar-refractivity contribution in [2.75, 3.05) is 31.2 Å². The number of aromatic nitrogens is 2. The first kappa shape index (κ1) is 21.3. The Balaban J connectivity index is 1.79. The van der Waals surface area contributed by atoms with Crippen molar-refractivity contribution in [1.29, 1.82) is 0 Å². The molecule has 1 fully saturated rings. The summed E-state index contributed by atoms with van der Waals surface area (Å²) in [5, 5.41) is 0. The largest absolute Gasteiger partial charge is 0.494 e. The summed E-state index contributed by atoms with van der Waals surface area (Å²) in [5.74, 6) is 1.49. The van der Waals surface area contributed by atoms with Crippen LogP contribution in [0.3, 0.4) is 0 Å². The highest BCUT2D eigenvalue weighted by Crippen LogP contribution is 2.29. The van der Waals surface area contributed by atoms with Crippen LogP contribution >= 0.6 is 0 Å². The summed E-state index contributed by atoms with van der Waals surface area (Å²) in [4.78, 5) is 11.2. The number of anilines is 1. The smallest absolute Gasteiger partial charge is 0.244 e. The van der Waals surface area contributed by atoms with Crippen LogP contribution in [0.15, 0.2) is 29.2 Å². The van der Waals surface area contributed by atoms with Crippen molar-refractivity contribution in [2.24, 2.45) is 0 Å². The van der Waals surface area contributed by atoms with Crippen LogP contribution < -0.4 is 19.1 Å². The van der Waals surface area contributed by atoms with Crippen LogP contribution in [-0.2, 0) is 16.6 Å². The molecule has 1 saturated heterocycles. The van der Waals surface area contributed by atoms with Crippen LogP contribution in [0.5, 0.6) is 11.5 Å². The van der Waals surface area contributed by atoms with Crippen molar-refractivity contribution in [3.8, 4) is 11.5 Å². The van der Waals surface area contributed by atoms with Crippen molar-refractivity contribution >= 4 is 16.0 Å². The van der Waals surface area contributed by atoms with Gasteiger partial charge in [0.15, 0.2) is 0 Å². The summed E-state index contributed by atoms with van der Waals surface area (Å²) >= 11 is 0. The molecule has 1 aromatic carbocycles. The van der Waals surface area contributed by atoms with Gasteiger partial charge in [0.2, 0.25) is 16.0 Å². The molecule has 1 aliphatic rings. The summed E-state index contributed by atoms with van der Waals surface area (Å²) < 4.78 is 39.4. The summed E-state index contributed by atoms with van der Waals surface area (Å²) in [6, 6.07) is 6.52. The number of ether oxygens (including phenoxy) is 2. The first-order valence-electron chi connectivity index (χ1n) is 9.91. The number of sulfonamides is 1. The van der Waals surface area contributed by atoms with Crippen LogP contribution in [-0.4, -0.2) is 44.7 Å². The number of benzene rings is 1. The van der Waals surface area contributed by atoms with Crippen LogP contribution in [0.1, 0.15) is 38.1 Å². The van der Waals surface area contributed by atoms with Gasteiger partial charge >= 0.3 is 0 Å². The van der Waals surface area contributed by atoms with E-state index in [2.05, 4.69) is 19.6 Å². The quantitative estimate of drug-likeness (QED) is 0.666. The van der Waals surface area contributed by atoms with E-state index in [0.29, 0.717) is 30.6 Å². The molecule has 0 atom stereocenters. The van der Waals surface area contributed by atoms with E-state index in [4.69, 9.17) is 9.47 Å². The Bertz CT molecular complexity index is 943. The second kappa shape index (κ2) is 9.41. The van der Waals surface area contributed by atoms with Gasteiger partial charge in [-0.2, -0.15) is 0 Å². The second-order valence-corrected chi connectivity index (χ2v) is 8.53. The van der Waals surface area contributed by atoms with Crippen LogP contribution in [0.4, 0.5) is 5.95 Å². The standard InChI is InChI=1S/C20H28N4O4S/c1-4-27-17-8-9-19(18(13-17)28-5-2)29(25,26)21-14-16-12-15(3)22-20(23-16)24-10-6-7-11-24/h8-9,12-13,21H,4-7,10-11,14H2,1-3H3. The van der Waals surface area contributed by atoms with E-state index in [1.54, 1.807) is 25.1 Å². The summed E-state index contributed by atoms with van der Waals surface area (Å²) in [5.41, 5.74) is 1.44. The highest BCUT2D eigenvalue weighted by atomic mass is 32.2. The third-order valence-corrected chi connectivity index (χ3v) is 5.98. The predicted octanol–water partition coefficient (Wildman–Crippen LogP) is 2.66. The lowest BCUT2D eigenvalue weighted by Gasteiger charge is -2.17. The van der Waals surface area contributed by atoms with Crippen molar-refractivity contribution in [2.45, 2.75) is 45.1 Å². The third kappa shape index (κ3) is 5.36. The van der Waals surface area contributed by atoms with Gasteiger partial charge in [0.25, 0.3) is 0 Å². The number of nitrogens with zero attached hydrogens (tertiary/aromatic N) is 3. The SMILES string of the molecule is CCOc1ccc(S(=O)(=O)NCc2cc(C)nc(N3CCCC3)n2)c(OCC)c1. The minimum Gasteiger partial charge on any atom is -0.494 e.